The molecule has 3 aliphatic carbocycles. The van der Waals surface area contributed by atoms with E-state index in [4.69, 9.17) is 9.47 Å². The molecule has 0 bridgehead atoms. The van der Waals surface area contributed by atoms with Crippen molar-refractivity contribution in [2.45, 2.75) is 94.3 Å². The van der Waals surface area contributed by atoms with E-state index in [9.17, 15) is 9.59 Å². The summed E-state index contributed by atoms with van der Waals surface area (Å²) in [6.45, 7) is 4.78. The Labute approximate surface area is 231 Å². The molecule has 0 spiro atoms. The van der Waals surface area contributed by atoms with Crippen LogP contribution < -0.4 is 10.6 Å². The quantitative estimate of drug-likeness (QED) is 0.524. The Hall–Kier alpha value is -1.55. The second-order valence-electron chi connectivity index (χ2n) is 13.2. The van der Waals surface area contributed by atoms with Crippen LogP contribution in [0.25, 0.3) is 0 Å². The van der Waals surface area contributed by atoms with Crippen LogP contribution in [-0.4, -0.2) is 104 Å². The highest BCUT2D eigenvalue weighted by molar-refractivity contribution is 6.20. The van der Waals surface area contributed by atoms with Gasteiger partial charge in [-0.05, 0) is 75.9 Å². The second kappa shape index (κ2) is 11.0. The van der Waals surface area contributed by atoms with Gasteiger partial charge in [0.25, 0.3) is 5.91 Å². The number of nitrogens with one attached hydrogen (secondary N) is 2. The van der Waals surface area contributed by atoms with E-state index in [0.717, 1.165) is 45.3 Å². The summed E-state index contributed by atoms with van der Waals surface area (Å²) < 4.78 is 28.4. The topological polar surface area (TPSA) is 83.1 Å². The highest BCUT2D eigenvalue weighted by Gasteiger charge is 2.60. The summed E-state index contributed by atoms with van der Waals surface area (Å²) >= 11 is 0. The van der Waals surface area contributed by atoms with Crippen molar-refractivity contribution >= 4 is 11.7 Å². The Kier molecular flexibility index (Phi) is 7.45. The van der Waals surface area contributed by atoms with Gasteiger partial charge in [-0.3, -0.25) is 9.59 Å². The number of ether oxygens (including phenoxy) is 2. The minimum Gasteiger partial charge on any atom is -0.378 e. The number of carbonyl (C=O) groups excluding carboxylic acids is 2. The second-order valence-corrected chi connectivity index (χ2v) is 13.2. The van der Waals surface area contributed by atoms with E-state index in [1.807, 2.05) is 6.20 Å². The molecule has 39 heavy (non-hydrogen) atoms. The lowest BCUT2D eigenvalue weighted by molar-refractivity contribution is -0.215. The maximum absolute atomic E-state index is 16.1. The van der Waals surface area contributed by atoms with Crippen LogP contribution in [0.2, 0.25) is 0 Å². The lowest BCUT2D eigenvalue weighted by Crippen LogP contribution is -2.74. The van der Waals surface area contributed by atoms with Crippen LogP contribution in [0.15, 0.2) is 11.8 Å². The number of fused-ring (bicyclic) bond motifs is 4. The third-order valence-electron chi connectivity index (χ3n) is 11.1. The van der Waals surface area contributed by atoms with Crippen molar-refractivity contribution in [3.63, 3.8) is 0 Å². The molecular weight excluding hydrogens is 499 g/mol. The van der Waals surface area contributed by atoms with Crippen molar-refractivity contribution in [1.82, 2.24) is 20.4 Å². The summed E-state index contributed by atoms with van der Waals surface area (Å²) in [7, 11) is 0. The Morgan fingerprint density at radius 2 is 1.85 bits per heavy atom. The average molecular weight is 545 g/mol. The normalized spacial score (nSPS) is 42.7. The van der Waals surface area contributed by atoms with Gasteiger partial charge in [-0.2, -0.15) is 0 Å². The van der Waals surface area contributed by atoms with Crippen LogP contribution in [0.3, 0.4) is 0 Å². The van der Waals surface area contributed by atoms with E-state index >= 15 is 4.39 Å². The van der Waals surface area contributed by atoms with E-state index in [-0.39, 0.29) is 48.0 Å². The van der Waals surface area contributed by atoms with Crippen LogP contribution in [0.1, 0.15) is 57.8 Å². The SMILES string of the molecule is O=C1C(C(=O)N2CCOCC2)=CN2C3C(CCC4CCCCC43)OC3C(NCC4CCNCC4)C(F)CC1C32. The number of hydrogen-bond donors (Lipinski definition) is 2. The predicted octanol–water partition coefficient (Wildman–Crippen LogP) is 2.03. The highest BCUT2D eigenvalue weighted by Crippen LogP contribution is 2.51. The molecule has 7 aliphatic rings. The van der Waals surface area contributed by atoms with Gasteiger partial charge >= 0.3 is 0 Å². The smallest absolute Gasteiger partial charge is 0.259 e. The molecule has 9 unspecified atom stereocenters. The van der Waals surface area contributed by atoms with Crippen molar-refractivity contribution in [2.75, 3.05) is 45.9 Å². The molecule has 3 saturated carbocycles. The Morgan fingerprint density at radius 1 is 1.05 bits per heavy atom. The van der Waals surface area contributed by atoms with Crippen LogP contribution in [0.5, 0.6) is 0 Å². The molecular formula is C30H45FN4O4. The molecule has 9 heteroatoms. The molecule has 0 aromatic carbocycles. The monoisotopic (exact) mass is 544 g/mol. The number of nitrogens with zero attached hydrogens (tertiary/aromatic N) is 2. The van der Waals surface area contributed by atoms with Gasteiger partial charge in [0.15, 0.2) is 5.78 Å². The number of amides is 1. The first-order valence-electron chi connectivity index (χ1n) is 15.7. The fourth-order valence-electron chi connectivity index (χ4n) is 9.13. The number of halogens is 1. The number of Topliss-reactive ketones (excluding diaryl/α,β-unsaturated/α-hetero) is 1. The first-order chi connectivity index (χ1) is 19.1. The number of carbonyl (C=O) groups is 2. The van der Waals surface area contributed by atoms with Crippen molar-refractivity contribution in [3.05, 3.63) is 11.8 Å². The standard InChI is InChI=1S/C30H45FN4O4/c31-23-15-21-27-29(25(23)33-16-18-7-9-32-10-8-18)39-24-6-5-19-3-1-2-4-20(19)26(24)35(27)17-22(28(21)36)30(37)34-11-13-38-14-12-34/h17-21,23-27,29,32-33H,1-16H2. The molecule has 0 aromatic rings. The minimum absolute atomic E-state index is 0.0175. The summed E-state index contributed by atoms with van der Waals surface area (Å²) in [4.78, 5) is 31.8. The fourth-order valence-corrected chi connectivity index (χ4v) is 9.13. The Balaban J connectivity index is 1.22. The van der Waals surface area contributed by atoms with Gasteiger partial charge in [-0.1, -0.05) is 19.3 Å². The van der Waals surface area contributed by atoms with Crippen molar-refractivity contribution in [1.29, 1.82) is 0 Å². The molecule has 216 valence electrons. The number of alkyl halides is 1. The van der Waals surface area contributed by atoms with Gasteiger partial charge in [0, 0.05) is 25.2 Å². The summed E-state index contributed by atoms with van der Waals surface area (Å²) in [5.74, 6) is 0.778. The molecule has 0 aromatic heterocycles. The van der Waals surface area contributed by atoms with Gasteiger partial charge in [0.1, 0.15) is 6.17 Å². The largest absolute Gasteiger partial charge is 0.378 e. The maximum Gasteiger partial charge on any atom is 0.259 e. The molecule has 4 aliphatic heterocycles. The van der Waals surface area contributed by atoms with Crippen LogP contribution in [-0.2, 0) is 19.1 Å². The van der Waals surface area contributed by atoms with Gasteiger partial charge in [0.2, 0.25) is 0 Å². The third kappa shape index (κ3) is 4.75. The molecule has 6 fully saturated rings. The van der Waals surface area contributed by atoms with E-state index in [0.29, 0.717) is 44.1 Å². The molecule has 2 N–H and O–H groups in total. The van der Waals surface area contributed by atoms with Gasteiger partial charge in [-0.25, -0.2) is 4.39 Å². The molecule has 9 atom stereocenters. The fraction of sp³-hybridized carbons (Fsp3) is 0.867. The van der Waals surface area contributed by atoms with Crippen LogP contribution in [0, 0.1) is 23.7 Å². The molecule has 7 rings (SSSR count). The zero-order chi connectivity index (χ0) is 26.5. The lowest BCUT2D eigenvalue weighted by Gasteiger charge is -2.62. The molecule has 0 radical (unpaired) electrons. The molecule has 3 saturated heterocycles. The Bertz CT molecular complexity index is 967. The van der Waals surface area contributed by atoms with E-state index in [1.54, 1.807) is 4.90 Å². The minimum atomic E-state index is -1.18. The summed E-state index contributed by atoms with van der Waals surface area (Å²) in [5.41, 5.74) is 0.254. The summed E-state index contributed by atoms with van der Waals surface area (Å²) in [6.07, 6.45) is 9.80. The highest BCUT2D eigenvalue weighted by atomic mass is 19.1. The van der Waals surface area contributed by atoms with Crippen molar-refractivity contribution in [2.24, 2.45) is 23.7 Å². The molecule has 4 heterocycles. The first kappa shape index (κ1) is 26.4. The van der Waals surface area contributed by atoms with Crippen LogP contribution >= 0.6 is 0 Å². The zero-order valence-electron chi connectivity index (χ0n) is 23.1. The van der Waals surface area contributed by atoms with Crippen LogP contribution in [0.4, 0.5) is 4.39 Å². The molecule has 8 nitrogen and oxygen atoms in total. The van der Waals surface area contributed by atoms with E-state index in [1.165, 1.54) is 25.7 Å². The number of morpholine rings is 2. The Morgan fingerprint density at radius 3 is 2.67 bits per heavy atom. The maximum atomic E-state index is 16.1. The van der Waals surface area contributed by atoms with E-state index in [2.05, 4.69) is 15.5 Å². The van der Waals surface area contributed by atoms with E-state index < -0.39 is 18.1 Å². The van der Waals surface area contributed by atoms with Gasteiger partial charge < -0.3 is 29.9 Å². The number of rotatable bonds is 4. The lowest BCUT2D eigenvalue weighted by atomic mass is 9.63. The van der Waals surface area contributed by atoms with Crippen molar-refractivity contribution in [3.8, 4) is 0 Å². The van der Waals surface area contributed by atoms with Gasteiger partial charge in [0.05, 0.1) is 49.1 Å². The third-order valence-corrected chi connectivity index (χ3v) is 11.1. The first-order valence-corrected chi connectivity index (χ1v) is 15.7. The zero-order valence-corrected chi connectivity index (χ0v) is 23.1. The summed E-state index contributed by atoms with van der Waals surface area (Å²) in [6, 6.07) is -0.473. The van der Waals surface area contributed by atoms with Gasteiger partial charge in [-0.15, -0.1) is 0 Å². The van der Waals surface area contributed by atoms with Crippen molar-refractivity contribution < 1.29 is 23.5 Å². The number of ketones is 1. The number of piperidine rings is 1. The predicted molar refractivity (Wildman–Crippen MR) is 144 cm³/mol. The summed E-state index contributed by atoms with van der Waals surface area (Å²) in [5, 5.41) is 7.02. The number of hydrogen-bond acceptors (Lipinski definition) is 7. The average Bonchev–Trinajstić information content (AvgIpc) is 2.98. The molecule has 1 amide bonds.